The Bertz CT molecular complexity index is 986. The molecule has 5 nitrogen and oxygen atoms in total. The van der Waals surface area contributed by atoms with Gasteiger partial charge in [-0.15, -0.1) is 0 Å². The number of carbonyl (C=O) groups excluding carboxylic acids is 1. The molecule has 0 aliphatic heterocycles. The topological polar surface area (TPSA) is 46.5 Å². The standard InChI is InChI=1S/C23H25Cl2N3O2/c1-17-5-7-18(8-6-17)15-27-11-3-4-20(27)16-28(12-13-30-2)23(29)26-19-9-10-21(24)22(25)14-19/h3-11,14H,12-13,15-16H2,1-2H3,(H,26,29). The van der Waals surface area contributed by atoms with E-state index in [1.807, 2.05) is 18.3 Å². The molecule has 7 heteroatoms. The summed E-state index contributed by atoms with van der Waals surface area (Å²) in [6.45, 7) is 4.17. The van der Waals surface area contributed by atoms with Crippen LogP contribution in [0.2, 0.25) is 10.0 Å². The first kappa shape index (κ1) is 22.2. The number of hydrogen-bond donors (Lipinski definition) is 1. The zero-order chi connectivity index (χ0) is 21.5. The molecule has 1 aromatic heterocycles. The molecular weight excluding hydrogens is 421 g/mol. The van der Waals surface area contributed by atoms with E-state index in [9.17, 15) is 4.79 Å². The number of benzene rings is 2. The molecule has 0 atom stereocenters. The summed E-state index contributed by atoms with van der Waals surface area (Å²) in [6.07, 6.45) is 2.03. The summed E-state index contributed by atoms with van der Waals surface area (Å²) in [6, 6.07) is 17.3. The summed E-state index contributed by atoms with van der Waals surface area (Å²) in [5.41, 5.74) is 4.07. The SMILES string of the molecule is COCCN(Cc1cccn1Cc1ccc(C)cc1)C(=O)Nc1ccc(Cl)c(Cl)c1. The van der Waals surface area contributed by atoms with Crippen LogP contribution in [0.15, 0.2) is 60.8 Å². The van der Waals surface area contributed by atoms with Crippen LogP contribution in [0.5, 0.6) is 0 Å². The summed E-state index contributed by atoms with van der Waals surface area (Å²) in [4.78, 5) is 14.6. The number of hydrogen-bond acceptors (Lipinski definition) is 2. The molecule has 0 fully saturated rings. The fraction of sp³-hybridized carbons (Fsp3) is 0.261. The number of nitrogens with zero attached hydrogens (tertiary/aromatic N) is 2. The van der Waals surface area contributed by atoms with Crippen LogP contribution in [0.1, 0.15) is 16.8 Å². The van der Waals surface area contributed by atoms with Crippen LogP contribution >= 0.6 is 23.2 Å². The lowest BCUT2D eigenvalue weighted by Crippen LogP contribution is -2.37. The molecule has 0 aliphatic rings. The second-order valence-electron chi connectivity index (χ2n) is 7.09. The van der Waals surface area contributed by atoms with E-state index in [1.54, 1.807) is 30.2 Å². The minimum Gasteiger partial charge on any atom is -0.383 e. The first-order valence-electron chi connectivity index (χ1n) is 9.65. The molecular formula is C23H25Cl2N3O2. The number of anilines is 1. The van der Waals surface area contributed by atoms with Gasteiger partial charge in [-0.1, -0.05) is 53.0 Å². The van der Waals surface area contributed by atoms with Crippen molar-refractivity contribution in [2.24, 2.45) is 0 Å². The average Bonchev–Trinajstić information content (AvgIpc) is 3.16. The van der Waals surface area contributed by atoms with Gasteiger partial charge < -0.3 is 19.5 Å². The van der Waals surface area contributed by atoms with E-state index in [-0.39, 0.29) is 6.03 Å². The molecule has 1 N–H and O–H groups in total. The van der Waals surface area contributed by atoms with E-state index in [4.69, 9.17) is 27.9 Å². The van der Waals surface area contributed by atoms with Gasteiger partial charge in [0.2, 0.25) is 0 Å². The molecule has 3 rings (SSSR count). The second-order valence-corrected chi connectivity index (χ2v) is 7.90. The quantitative estimate of drug-likeness (QED) is 0.473. The molecule has 2 amide bonds. The molecule has 0 radical (unpaired) electrons. The Morgan fingerprint density at radius 1 is 1.10 bits per heavy atom. The number of rotatable bonds is 8. The lowest BCUT2D eigenvalue weighted by atomic mass is 10.1. The smallest absolute Gasteiger partial charge is 0.322 e. The number of amides is 2. The number of halogens is 2. The molecule has 0 saturated carbocycles. The largest absolute Gasteiger partial charge is 0.383 e. The highest BCUT2D eigenvalue weighted by Crippen LogP contribution is 2.25. The number of aromatic nitrogens is 1. The third kappa shape index (κ3) is 6.02. The van der Waals surface area contributed by atoms with Crippen LogP contribution in [-0.2, 0) is 17.8 Å². The Hall–Kier alpha value is -2.47. The zero-order valence-electron chi connectivity index (χ0n) is 17.1. The van der Waals surface area contributed by atoms with E-state index in [1.165, 1.54) is 11.1 Å². The van der Waals surface area contributed by atoms with Crippen molar-refractivity contribution in [1.29, 1.82) is 0 Å². The van der Waals surface area contributed by atoms with Crippen molar-refractivity contribution in [2.75, 3.05) is 25.6 Å². The molecule has 0 saturated heterocycles. The number of ether oxygens (including phenoxy) is 1. The first-order chi connectivity index (χ1) is 14.5. The van der Waals surface area contributed by atoms with Gasteiger partial charge in [0.05, 0.1) is 23.2 Å². The van der Waals surface area contributed by atoms with Crippen LogP contribution in [0.3, 0.4) is 0 Å². The first-order valence-corrected chi connectivity index (χ1v) is 10.4. The van der Waals surface area contributed by atoms with Crippen LogP contribution < -0.4 is 5.32 Å². The van der Waals surface area contributed by atoms with Gasteiger partial charge in [-0.05, 0) is 42.8 Å². The number of aryl methyl sites for hydroxylation is 1. The predicted octanol–water partition coefficient (Wildman–Crippen LogP) is 5.83. The molecule has 0 unspecified atom stereocenters. The lowest BCUT2D eigenvalue weighted by molar-refractivity contribution is 0.152. The van der Waals surface area contributed by atoms with Gasteiger partial charge in [-0.3, -0.25) is 0 Å². The normalized spacial score (nSPS) is 10.8. The van der Waals surface area contributed by atoms with Crippen molar-refractivity contribution >= 4 is 34.9 Å². The third-order valence-corrected chi connectivity index (χ3v) is 5.51. The predicted molar refractivity (Wildman–Crippen MR) is 122 cm³/mol. The maximum absolute atomic E-state index is 12.9. The van der Waals surface area contributed by atoms with E-state index < -0.39 is 0 Å². The van der Waals surface area contributed by atoms with E-state index in [2.05, 4.69) is 41.1 Å². The Balaban J connectivity index is 1.73. The monoisotopic (exact) mass is 445 g/mol. The summed E-state index contributed by atoms with van der Waals surface area (Å²) in [5, 5.41) is 3.72. The highest BCUT2D eigenvalue weighted by atomic mass is 35.5. The molecule has 3 aromatic rings. The van der Waals surface area contributed by atoms with Gasteiger partial charge in [0.15, 0.2) is 0 Å². The molecule has 0 aliphatic carbocycles. The Kier molecular flexibility index (Phi) is 7.80. The number of urea groups is 1. The van der Waals surface area contributed by atoms with Crippen molar-refractivity contribution in [3.63, 3.8) is 0 Å². The van der Waals surface area contributed by atoms with Crippen LogP contribution in [0.4, 0.5) is 10.5 Å². The van der Waals surface area contributed by atoms with Crippen molar-refractivity contribution < 1.29 is 9.53 Å². The number of nitrogens with one attached hydrogen (secondary N) is 1. The van der Waals surface area contributed by atoms with E-state index in [0.29, 0.717) is 35.4 Å². The van der Waals surface area contributed by atoms with Gasteiger partial charge in [0.25, 0.3) is 0 Å². The van der Waals surface area contributed by atoms with Crippen molar-refractivity contribution in [3.8, 4) is 0 Å². The fourth-order valence-corrected chi connectivity index (χ4v) is 3.36. The third-order valence-electron chi connectivity index (χ3n) is 4.77. The van der Waals surface area contributed by atoms with Crippen molar-refractivity contribution in [3.05, 3.63) is 87.7 Å². The van der Waals surface area contributed by atoms with Crippen LogP contribution in [0, 0.1) is 6.92 Å². The maximum Gasteiger partial charge on any atom is 0.322 e. The maximum atomic E-state index is 12.9. The van der Waals surface area contributed by atoms with Gasteiger partial charge in [0, 0.05) is 37.8 Å². The van der Waals surface area contributed by atoms with E-state index in [0.717, 1.165) is 12.2 Å². The molecule has 1 heterocycles. The number of carbonyl (C=O) groups is 1. The molecule has 0 bridgehead atoms. The highest BCUT2D eigenvalue weighted by molar-refractivity contribution is 6.42. The van der Waals surface area contributed by atoms with Crippen LogP contribution in [0.25, 0.3) is 0 Å². The molecule has 158 valence electrons. The van der Waals surface area contributed by atoms with E-state index >= 15 is 0 Å². The molecule has 2 aromatic carbocycles. The fourth-order valence-electron chi connectivity index (χ4n) is 3.06. The Morgan fingerprint density at radius 3 is 2.57 bits per heavy atom. The zero-order valence-corrected chi connectivity index (χ0v) is 18.6. The molecule has 30 heavy (non-hydrogen) atoms. The summed E-state index contributed by atoms with van der Waals surface area (Å²) in [5.74, 6) is 0. The summed E-state index contributed by atoms with van der Waals surface area (Å²) >= 11 is 12.0. The van der Waals surface area contributed by atoms with Gasteiger partial charge >= 0.3 is 6.03 Å². The van der Waals surface area contributed by atoms with Crippen molar-refractivity contribution in [1.82, 2.24) is 9.47 Å². The van der Waals surface area contributed by atoms with Gasteiger partial charge in [0.1, 0.15) is 0 Å². The van der Waals surface area contributed by atoms with Gasteiger partial charge in [-0.2, -0.15) is 0 Å². The lowest BCUT2D eigenvalue weighted by Gasteiger charge is -2.24. The Labute approximate surface area is 187 Å². The summed E-state index contributed by atoms with van der Waals surface area (Å²) < 4.78 is 7.35. The van der Waals surface area contributed by atoms with Gasteiger partial charge in [-0.25, -0.2) is 4.79 Å². The summed E-state index contributed by atoms with van der Waals surface area (Å²) in [7, 11) is 1.62. The Morgan fingerprint density at radius 2 is 1.87 bits per heavy atom. The van der Waals surface area contributed by atoms with Crippen LogP contribution in [-0.4, -0.2) is 35.8 Å². The highest BCUT2D eigenvalue weighted by Gasteiger charge is 2.16. The minimum absolute atomic E-state index is 0.228. The minimum atomic E-state index is -0.228. The number of methoxy groups -OCH3 is 1. The van der Waals surface area contributed by atoms with Crippen molar-refractivity contribution in [2.45, 2.75) is 20.0 Å². The second kappa shape index (κ2) is 10.5. The molecule has 0 spiro atoms. The average molecular weight is 446 g/mol.